The number of ether oxygens (including phenoxy) is 1. The lowest BCUT2D eigenvalue weighted by Gasteiger charge is -2.15. The van der Waals surface area contributed by atoms with Gasteiger partial charge < -0.3 is 9.84 Å². The van der Waals surface area contributed by atoms with E-state index in [9.17, 15) is 13.2 Å². The van der Waals surface area contributed by atoms with Crippen molar-refractivity contribution in [2.24, 2.45) is 0 Å². The molecule has 5 heteroatoms. The number of alkyl halides is 3. The molecule has 0 heterocycles. The summed E-state index contributed by atoms with van der Waals surface area (Å²) in [5.74, 6) is 0.119. The fourth-order valence-electron chi connectivity index (χ4n) is 1.25. The molecule has 90 valence electrons. The molecule has 1 aromatic rings. The number of aliphatic hydroxyl groups is 1. The van der Waals surface area contributed by atoms with Gasteiger partial charge in [0, 0.05) is 0 Å². The molecular weight excluding hydrogens is 221 g/mol. The molecule has 0 amide bonds. The van der Waals surface area contributed by atoms with Crippen molar-refractivity contribution in [3.05, 3.63) is 29.3 Å². The molecule has 0 aliphatic heterocycles. The highest BCUT2D eigenvalue weighted by Gasteiger charge is 2.31. The molecule has 16 heavy (non-hydrogen) atoms. The molecule has 1 rings (SSSR count). The summed E-state index contributed by atoms with van der Waals surface area (Å²) in [5.41, 5.74) is -0.275. The van der Waals surface area contributed by atoms with Crippen LogP contribution in [-0.2, 0) is 6.18 Å². The van der Waals surface area contributed by atoms with Crippen LogP contribution in [-0.4, -0.2) is 17.8 Å². The summed E-state index contributed by atoms with van der Waals surface area (Å²) >= 11 is 0. The minimum atomic E-state index is -4.38. The van der Waals surface area contributed by atoms with Gasteiger partial charge >= 0.3 is 6.18 Å². The summed E-state index contributed by atoms with van der Waals surface area (Å²) in [6, 6.07) is 3.48. The standard InChI is InChI=1S/C11H13F3O2/c1-7-3-9(11(12,13)14)5-10(4-7)16-8(2)6-15/h3-5,8,15H,6H2,1-2H3/t8-/m0/s1. The number of rotatable bonds is 3. The molecule has 0 fully saturated rings. The van der Waals surface area contributed by atoms with Gasteiger partial charge in [-0.05, 0) is 37.6 Å². The van der Waals surface area contributed by atoms with Crippen LogP contribution in [0.15, 0.2) is 18.2 Å². The summed E-state index contributed by atoms with van der Waals surface area (Å²) in [5, 5.41) is 8.75. The van der Waals surface area contributed by atoms with Gasteiger partial charge in [0.15, 0.2) is 0 Å². The lowest BCUT2D eigenvalue weighted by Crippen LogP contribution is -2.16. The van der Waals surface area contributed by atoms with Crippen molar-refractivity contribution in [3.63, 3.8) is 0 Å². The third-order valence-electron chi connectivity index (χ3n) is 1.97. The Labute approximate surface area is 91.7 Å². The normalized spacial score (nSPS) is 13.6. The Bertz CT molecular complexity index is 361. The first-order chi connectivity index (χ1) is 7.32. The fraction of sp³-hybridized carbons (Fsp3) is 0.455. The van der Waals surface area contributed by atoms with Crippen LogP contribution in [0.1, 0.15) is 18.1 Å². The van der Waals surface area contributed by atoms with Gasteiger partial charge in [-0.3, -0.25) is 0 Å². The molecule has 0 aromatic heterocycles. The summed E-state index contributed by atoms with van der Waals surface area (Å²) in [6.07, 6.45) is -4.91. The van der Waals surface area contributed by atoms with E-state index in [1.54, 1.807) is 13.8 Å². The molecule has 1 atom stereocenters. The first-order valence-electron chi connectivity index (χ1n) is 4.79. The maximum atomic E-state index is 12.5. The molecule has 0 unspecified atom stereocenters. The molecule has 0 radical (unpaired) electrons. The van der Waals surface area contributed by atoms with Crippen molar-refractivity contribution in [2.75, 3.05) is 6.61 Å². The Morgan fingerprint density at radius 2 is 1.94 bits per heavy atom. The van der Waals surface area contributed by atoms with Crippen LogP contribution in [0.3, 0.4) is 0 Å². The van der Waals surface area contributed by atoms with Crippen LogP contribution < -0.4 is 4.74 Å². The van der Waals surface area contributed by atoms with E-state index in [0.29, 0.717) is 5.56 Å². The van der Waals surface area contributed by atoms with Gasteiger partial charge in [0.05, 0.1) is 12.2 Å². The Morgan fingerprint density at radius 3 is 2.44 bits per heavy atom. The second-order valence-electron chi connectivity index (χ2n) is 3.64. The summed E-state index contributed by atoms with van der Waals surface area (Å²) in [6.45, 7) is 2.90. The van der Waals surface area contributed by atoms with Crippen molar-refractivity contribution < 1.29 is 23.0 Å². The second-order valence-corrected chi connectivity index (χ2v) is 3.64. The SMILES string of the molecule is Cc1cc(O[C@@H](C)CO)cc(C(F)(F)F)c1. The Morgan fingerprint density at radius 1 is 1.31 bits per heavy atom. The minimum absolute atomic E-state index is 0.119. The maximum Gasteiger partial charge on any atom is 0.416 e. The van der Waals surface area contributed by atoms with Gasteiger partial charge in [-0.15, -0.1) is 0 Å². The van der Waals surface area contributed by atoms with Crippen LogP contribution in [0.2, 0.25) is 0 Å². The molecule has 0 aliphatic carbocycles. The van der Waals surface area contributed by atoms with E-state index in [0.717, 1.165) is 12.1 Å². The van der Waals surface area contributed by atoms with E-state index in [1.165, 1.54) is 6.07 Å². The van der Waals surface area contributed by atoms with Gasteiger partial charge in [0.25, 0.3) is 0 Å². The summed E-state index contributed by atoms with van der Waals surface area (Å²) in [7, 11) is 0. The van der Waals surface area contributed by atoms with Crippen LogP contribution >= 0.6 is 0 Å². The first kappa shape index (κ1) is 12.8. The number of hydrogen-bond donors (Lipinski definition) is 1. The second kappa shape index (κ2) is 4.74. The molecule has 0 aliphatic rings. The van der Waals surface area contributed by atoms with Crippen molar-refractivity contribution in [1.29, 1.82) is 0 Å². The zero-order valence-electron chi connectivity index (χ0n) is 9.01. The van der Waals surface area contributed by atoms with Crippen molar-refractivity contribution in [2.45, 2.75) is 26.1 Å². The molecule has 0 spiro atoms. The van der Waals surface area contributed by atoms with Gasteiger partial charge in [0.1, 0.15) is 11.9 Å². The van der Waals surface area contributed by atoms with Gasteiger partial charge in [-0.2, -0.15) is 13.2 Å². The van der Waals surface area contributed by atoms with Crippen LogP contribution in [0.4, 0.5) is 13.2 Å². The third-order valence-corrected chi connectivity index (χ3v) is 1.97. The summed E-state index contributed by atoms with van der Waals surface area (Å²) in [4.78, 5) is 0. The topological polar surface area (TPSA) is 29.5 Å². The van der Waals surface area contributed by atoms with Crippen molar-refractivity contribution in [3.8, 4) is 5.75 Å². The smallest absolute Gasteiger partial charge is 0.416 e. The summed E-state index contributed by atoms with van der Waals surface area (Å²) < 4.78 is 42.5. The van der Waals surface area contributed by atoms with Gasteiger partial charge in [-0.1, -0.05) is 0 Å². The molecule has 2 nitrogen and oxygen atoms in total. The molecule has 0 saturated carbocycles. The van der Waals surface area contributed by atoms with Gasteiger partial charge in [0.2, 0.25) is 0 Å². The van der Waals surface area contributed by atoms with E-state index in [2.05, 4.69) is 0 Å². The third kappa shape index (κ3) is 3.41. The first-order valence-corrected chi connectivity index (χ1v) is 4.79. The monoisotopic (exact) mass is 234 g/mol. The highest BCUT2D eigenvalue weighted by molar-refractivity contribution is 5.35. The predicted molar refractivity (Wildman–Crippen MR) is 53.4 cm³/mol. The average molecular weight is 234 g/mol. The lowest BCUT2D eigenvalue weighted by molar-refractivity contribution is -0.137. The quantitative estimate of drug-likeness (QED) is 0.871. The minimum Gasteiger partial charge on any atom is -0.488 e. The van der Waals surface area contributed by atoms with E-state index < -0.39 is 17.8 Å². The van der Waals surface area contributed by atoms with Crippen molar-refractivity contribution >= 4 is 0 Å². The molecule has 1 aromatic carbocycles. The largest absolute Gasteiger partial charge is 0.488 e. The maximum absolute atomic E-state index is 12.5. The van der Waals surface area contributed by atoms with Crippen molar-refractivity contribution in [1.82, 2.24) is 0 Å². The number of aliphatic hydroxyl groups excluding tert-OH is 1. The van der Waals surface area contributed by atoms with E-state index in [4.69, 9.17) is 9.84 Å². The number of hydrogen-bond acceptors (Lipinski definition) is 2. The van der Waals surface area contributed by atoms with E-state index >= 15 is 0 Å². The van der Waals surface area contributed by atoms with Gasteiger partial charge in [-0.25, -0.2) is 0 Å². The van der Waals surface area contributed by atoms with E-state index in [1.807, 2.05) is 0 Å². The molecule has 0 saturated heterocycles. The highest BCUT2D eigenvalue weighted by atomic mass is 19.4. The predicted octanol–water partition coefficient (Wildman–Crippen LogP) is 2.77. The Balaban J connectivity index is 2.99. The molecule has 1 N–H and O–H groups in total. The average Bonchev–Trinajstić information content (AvgIpc) is 2.15. The lowest BCUT2D eigenvalue weighted by atomic mass is 10.1. The highest BCUT2D eigenvalue weighted by Crippen LogP contribution is 2.32. The fourth-order valence-corrected chi connectivity index (χ4v) is 1.25. The zero-order valence-corrected chi connectivity index (χ0v) is 9.01. The Hall–Kier alpha value is -1.23. The molecule has 0 bridgehead atoms. The number of aryl methyl sites for hydroxylation is 1. The molecular formula is C11H13F3O2. The zero-order chi connectivity index (χ0) is 12.3. The van der Waals surface area contributed by atoms with E-state index in [-0.39, 0.29) is 12.4 Å². The van der Waals surface area contributed by atoms with Crippen LogP contribution in [0.5, 0.6) is 5.75 Å². The number of benzene rings is 1. The van der Waals surface area contributed by atoms with Crippen LogP contribution in [0.25, 0.3) is 0 Å². The Kier molecular flexibility index (Phi) is 3.80. The van der Waals surface area contributed by atoms with Crippen LogP contribution in [0, 0.1) is 6.92 Å². The number of halogens is 3.